The SMILES string of the molecule is O=C1C[C@@H](c2ccc(F)cc2)[C@H](CO)CN1. The molecule has 1 aliphatic rings. The number of hydrogen-bond donors (Lipinski definition) is 2. The number of carbonyl (C=O) groups excluding carboxylic acids is 1. The number of rotatable bonds is 2. The highest BCUT2D eigenvalue weighted by molar-refractivity contribution is 5.77. The van der Waals surface area contributed by atoms with Crippen molar-refractivity contribution in [3.63, 3.8) is 0 Å². The lowest BCUT2D eigenvalue weighted by Gasteiger charge is -2.30. The van der Waals surface area contributed by atoms with Gasteiger partial charge in [0.25, 0.3) is 0 Å². The zero-order valence-corrected chi connectivity index (χ0v) is 8.82. The highest BCUT2D eigenvalue weighted by atomic mass is 19.1. The highest BCUT2D eigenvalue weighted by Gasteiger charge is 2.29. The van der Waals surface area contributed by atoms with Crippen molar-refractivity contribution in [2.45, 2.75) is 12.3 Å². The van der Waals surface area contributed by atoms with E-state index in [1.54, 1.807) is 12.1 Å². The van der Waals surface area contributed by atoms with Gasteiger partial charge >= 0.3 is 0 Å². The van der Waals surface area contributed by atoms with Gasteiger partial charge in [0.2, 0.25) is 5.91 Å². The van der Waals surface area contributed by atoms with E-state index in [-0.39, 0.29) is 30.2 Å². The molecule has 0 bridgehead atoms. The summed E-state index contributed by atoms with van der Waals surface area (Å²) in [6.07, 6.45) is 0.358. The zero-order valence-electron chi connectivity index (χ0n) is 8.82. The summed E-state index contributed by atoms with van der Waals surface area (Å²) in [5.74, 6) is -0.300. The van der Waals surface area contributed by atoms with Crippen LogP contribution in [0, 0.1) is 11.7 Å². The molecule has 0 aromatic heterocycles. The summed E-state index contributed by atoms with van der Waals surface area (Å²) >= 11 is 0. The van der Waals surface area contributed by atoms with E-state index in [4.69, 9.17) is 0 Å². The van der Waals surface area contributed by atoms with Crippen LogP contribution in [0.25, 0.3) is 0 Å². The number of hydrogen-bond acceptors (Lipinski definition) is 2. The maximum absolute atomic E-state index is 12.8. The summed E-state index contributed by atoms with van der Waals surface area (Å²) in [6.45, 7) is 0.514. The van der Waals surface area contributed by atoms with Crippen LogP contribution in [0.5, 0.6) is 0 Å². The molecule has 2 N–H and O–H groups in total. The Hall–Kier alpha value is -1.42. The molecule has 2 atom stereocenters. The van der Waals surface area contributed by atoms with Crippen LogP contribution in [0.2, 0.25) is 0 Å². The monoisotopic (exact) mass is 223 g/mol. The third kappa shape index (κ3) is 2.22. The smallest absolute Gasteiger partial charge is 0.220 e. The number of benzene rings is 1. The maximum Gasteiger partial charge on any atom is 0.220 e. The van der Waals surface area contributed by atoms with Crippen molar-refractivity contribution in [3.05, 3.63) is 35.6 Å². The summed E-state index contributed by atoms with van der Waals surface area (Å²) in [4.78, 5) is 11.3. The van der Waals surface area contributed by atoms with Crippen LogP contribution in [0.3, 0.4) is 0 Å². The second kappa shape index (κ2) is 4.61. The normalized spacial score (nSPS) is 25.2. The van der Waals surface area contributed by atoms with E-state index in [0.29, 0.717) is 13.0 Å². The Bertz CT molecular complexity index is 377. The number of halogens is 1. The summed E-state index contributed by atoms with van der Waals surface area (Å²) in [5.41, 5.74) is 0.912. The molecule has 0 saturated carbocycles. The average Bonchev–Trinajstić information content (AvgIpc) is 2.30. The lowest BCUT2D eigenvalue weighted by Crippen LogP contribution is -2.41. The number of amides is 1. The van der Waals surface area contributed by atoms with Crippen molar-refractivity contribution in [1.82, 2.24) is 5.32 Å². The van der Waals surface area contributed by atoms with Crippen LogP contribution in [0.4, 0.5) is 4.39 Å². The Kier molecular flexibility index (Phi) is 3.19. The van der Waals surface area contributed by atoms with E-state index in [9.17, 15) is 14.3 Å². The van der Waals surface area contributed by atoms with E-state index in [1.807, 2.05) is 0 Å². The topological polar surface area (TPSA) is 49.3 Å². The molecule has 4 heteroatoms. The van der Waals surface area contributed by atoms with Gasteiger partial charge in [0.1, 0.15) is 5.82 Å². The lowest BCUT2D eigenvalue weighted by molar-refractivity contribution is -0.123. The van der Waals surface area contributed by atoms with Gasteiger partial charge in [-0.05, 0) is 23.6 Å². The van der Waals surface area contributed by atoms with Crippen LogP contribution in [-0.4, -0.2) is 24.2 Å². The minimum atomic E-state index is -0.287. The molecule has 1 heterocycles. The fourth-order valence-corrected chi connectivity index (χ4v) is 2.12. The summed E-state index contributed by atoms with van der Waals surface area (Å²) < 4.78 is 12.8. The minimum Gasteiger partial charge on any atom is -0.396 e. The average molecular weight is 223 g/mol. The quantitative estimate of drug-likeness (QED) is 0.787. The van der Waals surface area contributed by atoms with Gasteiger partial charge < -0.3 is 10.4 Å². The molecule has 2 rings (SSSR count). The molecule has 0 spiro atoms. The van der Waals surface area contributed by atoms with E-state index in [1.165, 1.54) is 12.1 Å². The van der Waals surface area contributed by atoms with Crippen LogP contribution in [0.1, 0.15) is 17.9 Å². The molecule has 0 aliphatic carbocycles. The first-order valence-corrected chi connectivity index (χ1v) is 5.33. The molecule has 1 fully saturated rings. The Morgan fingerprint density at radius 2 is 2.06 bits per heavy atom. The number of nitrogens with one attached hydrogen (secondary N) is 1. The Morgan fingerprint density at radius 1 is 1.38 bits per heavy atom. The number of carbonyl (C=O) groups is 1. The summed E-state index contributed by atoms with van der Waals surface area (Å²) in [5, 5.41) is 12.0. The fourth-order valence-electron chi connectivity index (χ4n) is 2.12. The minimum absolute atomic E-state index is 0.0145. The van der Waals surface area contributed by atoms with Crippen molar-refractivity contribution in [2.75, 3.05) is 13.2 Å². The lowest BCUT2D eigenvalue weighted by atomic mass is 9.81. The van der Waals surface area contributed by atoms with Gasteiger partial charge in [0, 0.05) is 25.5 Å². The second-order valence-electron chi connectivity index (χ2n) is 4.11. The summed E-state index contributed by atoms with van der Waals surface area (Å²) in [7, 11) is 0. The van der Waals surface area contributed by atoms with E-state index >= 15 is 0 Å². The first-order chi connectivity index (χ1) is 7.70. The van der Waals surface area contributed by atoms with Crippen LogP contribution >= 0.6 is 0 Å². The molecule has 16 heavy (non-hydrogen) atoms. The molecule has 0 radical (unpaired) electrons. The van der Waals surface area contributed by atoms with Crippen LogP contribution < -0.4 is 5.32 Å². The molecule has 0 unspecified atom stereocenters. The van der Waals surface area contributed by atoms with E-state index in [0.717, 1.165) is 5.56 Å². The Labute approximate surface area is 93.3 Å². The molecule has 1 aromatic rings. The van der Waals surface area contributed by atoms with Gasteiger partial charge in [0.15, 0.2) is 0 Å². The Balaban J connectivity index is 2.22. The van der Waals surface area contributed by atoms with Gasteiger partial charge in [-0.3, -0.25) is 4.79 Å². The number of aliphatic hydroxyl groups is 1. The van der Waals surface area contributed by atoms with Crippen LogP contribution in [-0.2, 0) is 4.79 Å². The van der Waals surface area contributed by atoms with Gasteiger partial charge in [-0.25, -0.2) is 4.39 Å². The van der Waals surface area contributed by atoms with Gasteiger partial charge in [-0.1, -0.05) is 12.1 Å². The van der Waals surface area contributed by atoms with E-state index in [2.05, 4.69) is 5.32 Å². The van der Waals surface area contributed by atoms with Gasteiger partial charge in [0.05, 0.1) is 0 Å². The Morgan fingerprint density at radius 3 is 2.69 bits per heavy atom. The van der Waals surface area contributed by atoms with Crippen molar-refractivity contribution in [1.29, 1.82) is 0 Å². The molecule has 3 nitrogen and oxygen atoms in total. The molecule has 1 aliphatic heterocycles. The molecular formula is C12H14FNO2. The first-order valence-electron chi connectivity index (χ1n) is 5.33. The van der Waals surface area contributed by atoms with Crippen molar-refractivity contribution < 1.29 is 14.3 Å². The third-order valence-electron chi connectivity index (χ3n) is 3.07. The summed E-state index contributed by atoms with van der Waals surface area (Å²) in [6, 6.07) is 6.13. The molecular weight excluding hydrogens is 209 g/mol. The number of piperidine rings is 1. The second-order valence-corrected chi connectivity index (χ2v) is 4.11. The van der Waals surface area contributed by atoms with Crippen molar-refractivity contribution >= 4 is 5.91 Å². The predicted molar refractivity (Wildman–Crippen MR) is 57.3 cm³/mol. The fraction of sp³-hybridized carbons (Fsp3) is 0.417. The molecule has 1 aromatic carbocycles. The third-order valence-corrected chi connectivity index (χ3v) is 3.07. The van der Waals surface area contributed by atoms with E-state index < -0.39 is 0 Å². The molecule has 1 saturated heterocycles. The maximum atomic E-state index is 12.8. The highest BCUT2D eigenvalue weighted by Crippen LogP contribution is 2.30. The largest absolute Gasteiger partial charge is 0.396 e. The molecule has 86 valence electrons. The van der Waals surface area contributed by atoms with Crippen molar-refractivity contribution in [3.8, 4) is 0 Å². The molecule has 1 amide bonds. The first kappa shape index (κ1) is 11.1. The number of aliphatic hydroxyl groups excluding tert-OH is 1. The predicted octanol–water partition coefficient (Wildman–Crippen LogP) is 1.04. The van der Waals surface area contributed by atoms with Gasteiger partial charge in [-0.2, -0.15) is 0 Å². The van der Waals surface area contributed by atoms with Crippen LogP contribution in [0.15, 0.2) is 24.3 Å². The van der Waals surface area contributed by atoms with Crippen molar-refractivity contribution in [2.24, 2.45) is 5.92 Å². The zero-order chi connectivity index (χ0) is 11.5. The van der Waals surface area contributed by atoms with Gasteiger partial charge in [-0.15, -0.1) is 0 Å². The standard InChI is InChI=1S/C12H14FNO2/c13-10-3-1-8(2-4-10)11-5-12(16)14-6-9(11)7-15/h1-4,9,11,15H,5-7H2,(H,14,16)/t9-,11-/m0/s1.